The maximum atomic E-state index is 11.7. The van der Waals surface area contributed by atoms with Gasteiger partial charge in [-0.1, -0.05) is 24.6 Å². The number of halogens is 1. The van der Waals surface area contributed by atoms with Crippen molar-refractivity contribution >= 4 is 17.5 Å². The van der Waals surface area contributed by atoms with Gasteiger partial charge in [0.15, 0.2) is 6.10 Å². The molecule has 0 bridgehead atoms. The molecule has 1 aromatic rings. The number of ether oxygens (including phenoxy) is 1. The molecule has 3 nitrogen and oxygen atoms in total. The minimum Gasteiger partial charge on any atom is -0.481 e. The minimum atomic E-state index is -0.450. The zero-order chi connectivity index (χ0) is 12.1. The molecular formula is C12H16ClNO2. The molecule has 0 fully saturated rings. The van der Waals surface area contributed by atoms with Gasteiger partial charge in [-0.05, 0) is 24.6 Å². The van der Waals surface area contributed by atoms with Crippen molar-refractivity contribution in [2.24, 2.45) is 0 Å². The van der Waals surface area contributed by atoms with Gasteiger partial charge in [-0.3, -0.25) is 4.79 Å². The number of hydrogen-bond donors (Lipinski definition) is 0. The van der Waals surface area contributed by atoms with Crippen LogP contribution in [0.1, 0.15) is 13.3 Å². The highest BCUT2D eigenvalue weighted by atomic mass is 35.5. The Morgan fingerprint density at radius 1 is 1.50 bits per heavy atom. The molecule has 16 heavy (non-hydrogen) atoms. The van der Waals surface area contributed by atoms with Crippen LogP contribution in [0.25, 0.3) is 0 Å². The molecule has 4 heteroatoms. The second kappa shape index (κ2) is 5.75. The van der Waals surface area contributed by atoms with Gasteiger partial charge < -0.3 is 9.64 Å². The molecule has 0 saturated carbocycles. The number of hydrogen-bond acceptors (Lipinski definition) is 2. The van der Waals surface area contributed by atoms with Crippen LogP contribution in [0.5, 0.6) is 5.75 Å². The summed E-state index contributed by atoms with van der Waals surface area (Å²) in [6.45, 7) is 1.91. The first-order valence-corrected chi connectivity index (χ1v) is 5.55. The monoisotopic (exact) mass is 241 g/mol. The lowest BCUT2D eigenvalue weighted by molar-refractivity contribution is -0.136. The Morgan fingerprint density at radius 3 is 2.69 bits per heavy atom. The quantitative estimate of drug-likeness (QED) is 0.811. The third kappa shape index (κ3) is 3.42. The van der Waals surface area contributed by atoms with Crippen LogP contribution in [-0.4, -0.2) is 31.0 Å². The molecule has 0 spiro atoms. The molecule has 0 aliphatic heterocycles. The first-order valence-electron chi connectivity index (χ1n) is 5.18. The predicted molar refractivity (Wildman–Crippen MR) is 64.9 cm³/mol. The number of carbonyl (C=O) groups is 1. The highest BCUT2D eigenvalue weighted by Crippen LogP contribution is 2.19. The van der Waals surface area contributed by atoms with E-state index in [0.717, 1.165) is 0 Å². The van der Waals surface area contributed by atoms with Crippen molar-refractivity contribution in [2.75, 3.05) is 14.1 Å². The van der Waals surface area contributed by atoms with Gasteiger partial charge in [-0.25, -0.2) is 0 Å². The fourth-order valence-electron chi connectivity index (χ4n) is 1.30. The van der Waals surface area contributed by atoms with Crippen molar-refractivity contribution in [1.29, 1.82) is 0 Å². The van der Waals surface area contributed by atoms with Crippen molar-refractivity contribution in [3.63, 3.8) is 0 Å². The van der Waals surface area contributed by atoms with E-state index in [9.17, 15) is 4.79 Å². The molecule has 0 saturated heterocycles. The number of nitrogens with zero attached hydrogens (tertiary/aromatic N) is 1. The van der Waals surface area contributed by atoms with Crippen LogP contribution in [0.3, 0.4) is 0 Å². The fourth-order valence-corrected chi connectivity index (χ4v) is 1.48. The van der Waals surface area contributed by atoms with Crippen LogP contribution in [0.15, 0.2) is 24.3 Å². The molecule has 1 atom stereocenters. The Kier molecular flexibility index (Phi) is 4.62. The molecule has 1 aromatic carbocycles. The molecule has 0 aromatic heterocycles. The summed E-state index contributed by atoms with van der Waals surface area (Å²) in [6, 6.07) is 7.05. The molecule has 0 radical (unpaired) electrons. The van der Waals surface area contributed by atoms with E-state index in [2.05, 4.69) is 0 Å². The number of likely N-dealkylation sites (N-methyl/N-ethyl adjacent to an activating group) is 1. The van der Waals surface area contributed by atoms with Crippen LogP contribution >= 0.6 is 11.6 Å². The second-order valence-electron chi connectivity index (χ2n) is 3.70. The first kappa shape index (κ1) is 12.8. The molecule has 1 rings (SSSR count). The summed E-state index contributed by atoms with van der Waals surface area (Å²) >= 11 is 5.84. The summed E-state index contributed by atoms with van der Waals surface area (Å²) in [5.74, 6) is 0.581. The third-order valence-electron chi connectivity index (χ3n) is 2.16. The van der Waals surface area contributed by atoms with E-state index in [4.69, 9.17) is 16.3 Å². The lowest BCUT2D eigenvalue weighted by Crippen LogP contribution is -2.37. The third-order valence-corrected chi connectivity index (χ3v) is 2.40. The Bertz CT molecular complexity index is 366. The van der Waals surface area contributed by atoms with Gasteiger partial charge in [-0.15, -0.1) is 0 Å². The van der Waals surface area contributed by atoms with Crippen molar-refractivity contribution in [3.8, 4) is 5.75 Å². The maximum Gasteiger partial charge on any atom is 0.263 e. The highest BCUT2D eigenvalue weighted by Gasteiger charge is 2.19. The molecule has 0 heterocycles. The van der Waals surface area contributed by atoms with Gasteiger partial charge in [0.2, 0.25) is 0 Å². The lowest BCUT2D eigenvalue weighted by Gasteiger charge is -2.20. The van der Waals surface area contributed by atoms with Crippen LogP contribution in [0.4, 0.5) is 0 Å². The highest BCUT2D eigenvalue weighted by molar-refractivity contribution is 6.30. The Hall–Kier alpha value is -1.22. The van der Waals surface area contributed by atoms with Gasteiger partial charge in [0, 0.05) is 19.1 Å². The molecule has 1 amide bonds. The summed E-state index contributed by atoms with van der Waals surface area (Å²) < 4.78 is 5.59. The average molecular weight is 242 g/mol. The molecule has 88 valence electrons. The van der Waals surface area contributed by atoms with Crippen LogP contribution in [-0.2, 0) is 4.79 Å². The van der Waals surface area contributed by atoms with E-state index >= 15 is 0 Å². The SMILES string of the molecule is CCC(Oc1cccc(Cl)c1)C(=O)N(C)C. The van der Waals surface area contributed by atoms with Gasteiger partial charge in [0.25, 0.3) is 5.91 Å². The molecule has 0 N–H and O–H groups in total. The van der Waals surface area contributed by atoms with E-state index in [0.29, 0.717) is 17.2 Å². The predicted octanol–water partition coefficient (Wildman–Crippen LogP) is 2.59. The van der Waals surface area contributed by atoms with Gasteiger partial charge >= 0.3 is 0 Å². The van der Waals surface area contributed by atoms with Crippen LogP contribution < -0.4 is 4.74 Å². The summed E-state index contributed by atoms with van der Waals surface area (Å²) in [5.41, 5.74) is 0. The minimum absolute atomic E-state index is 0.0394. The van der Waals surface area contributed by atoms with Crippen LogP contribution in [0, 0.1) is 0 Å². The Balaban J connectivity index is 2.74. The number of amides is 1. The van der Waals surface area contributed by atoms with E-state index in [1.165, 1.54) is 4.90 Å². The smallest absolute Gasteiger partial charge is 0.263 e. The van der Waals surface area contributed by atoms with E-state index in [1.807, 2.05) is 6.92 Å². The molecule has 0 aliphatic rings. The van der Waals surface area contributed by atoms with Crippen molar-refractivity contribution in [3.05, 3.63) is 29.3 Å². The van der Waals surface area contributed by atoms with Crippen molar-refractivity contribution in [1.82, 2.24) is 4.90 Å². The first-order chi connectivity index (χ1) is 7.54. The molecule has 0 aliphatic carbocycles. The number of carbonyl (C=O) groups excluding carboxylic acids is 1. The lowest BCUT2D eigenvalue weighted by atomic mass is 10.2. The second-order valence-corrected chi connectivity index (χ2v) is 4.14. The standard InChI is InChI=1S/C12H16ClNO2/c1-4-11(12(15)14(2)3)16-10-7-5-6-9(13)8-10/h5-8,11H,4H2,1-3H3. The van der Waals surface area contributed by atoms with Crippen LogP contribution in [0.2, 0.25) is 5.02 Å². The number of benzene rings is 1. The molecular weight excluding hydrogens is 226 g/mol. The van der Waals surface area contributed by atoms with Gasteiger partial charge in [0.05, 0.1) is 0 Å². The summed E-state index contributed by atoms with van der Waals surface area (Å²) in [5, 5.41) is 0.602. The largest absolute Gasteiger partial charge is 0.481 e. The zero-order valence-corrected chi connectivity index (χ0v) is 10.5. The van der Waals surface area contributed by atoms with Crippen molar-refractivity contribution in [2.45, 2.75) is 19.4 Å². The number of rotatable bonds is 4. The summed E-state index contributed by atoms with van der Waals surface area (Å²) in [4.78, 5) is 13.3. The average Bonchev–Trinajstić information content (AvgIpc) is 2.25. The summed E-state index contributed by atoms with van der Waals surface area (Å²) in [6.07, 6.45) is 0.178. The normalized spacial score (nSPS) is 12.0. The maximum absolute atomic E-state index is 11.7. The van der Waals surface area contributed by atoms with Gasteiger partial charge in [0.1, 0.15) is 5.75 Å². The topological polar surface area (TPSA) is 29.5 Å². The van der Waals surface area contributed by atoms with E-state index in [1.54, 1.807) is 38.4 Å². The van der Waals surface area contributed by atoms with Crippen molar-refractivity contribution < 1.29 is 9.53 Å². The zero-order valence-electron chi connectivity index (χ0n) is 9.74. The van der Waals surface area contributed by atoms with Gasteiger partial charge in [-0.2, -0.15) is 0 Å². The summed E-state index contributed by atoms with van der Waals surface area (Å²) in [7, 11) is 3.43. The fraction of sp³-hybridized carbons (Fsp3) is 0.417. The Morgan fingerprint density at radius 2 is 2.19 bits per heavy atom. The van der Waals surface area contributed by atoms with E-state index < -0.39 is 6.10 Å². The Labute approximate surface area is 101 Å². The molecule has 1 unspecified atom stereocenters. The van der Waals surface area contributed by atoms with E-state index in [-0.39, 0.29) is 5.91 Å².